The molecule has 0 saturated carbocycles. The van der Waals surface area contributed by atoms with Gasteiger partial charge in [-0.25, -0.2) is 5.43 Å². The molecular formula is C19H20BrClN2O3. The lowest BCUT2D eigenvalue weighted by Crippen LogP contribution is -2.33. The minimum Gasteiger partial charge on any atom is -0.493 e. The lowest BCUT2D eigenvalue weighted by molar-refractivity contribution is -0.127. The molecule has 1 amide bonds. The van der Waals surface area contributed by atoms with E-state index in [1.807, 2.05) is 32.0 Å². The number of carbonyl (C=O) groups is 1. The Morgan fingerprint density at radius 3 is 2.73 bits per heavy atom. The molecule has 0 spiro atoms. The van der Waals surface area contributed by atoms with Crippen molar-refractivity contribution in [2.75, 3.05) is 6.61 Å². The summed E-state index contributed by atoms with van der Waals surface area (Å²) in [6.45, 7) is 5.97. The summed E-state index contributed by atoms with van der Waals surface area (Å²) in [4.78, 5) is 12.2. The number of hydrogen-bond acceptors (Lipinski definition) is 4. The molecule has 0 fully saturated rings. The van der Waals surface area contributed by atoms with Crippen molar-refractivity contribution >= 4 is 39.7 Å². The van der Waals surface area contributed by atoms with E-state index in [9.17, 15) is 4.79 Å². The van der Waals surface area contributed by atoms with Crippen LogP contribution in [0.5, 0.6) is 11.5 Å². The Hall–Kier alpha value is -2.05. The molecule has 0 heterocycles. The Morgan fingerprint density at radius 2 is 2.04 bits per heavy atom. The summed E-state index contributed by atoms with van der Waals surface area (Å²) < 4.78 is 12.1. The van der Waals surface area contributed by atoms with Crippen LogP contribution in [0, 0.1) is 6.92 Å². The molecule has 1 N–H and O–H groups in total. The highest BCUT2D eigenvalue weighted by atomic mass is 79.9. The first kappa shape index (κ1) is 20.3. The molecule has 0 aliphatic heterocycles. The lowest BCUT2D eigenvalue weighted by Gasteiger charge is -2.15. The van der Waals surface area contributed by atoms with E-state index in [1.54, 1.807) is 25.1 Å². The molecule has 2 aromatic rings. The van der Waals surface area contributed by atoms with Crippen molar-refractivity contribution in [1.82, 2.24) is 5.43 Å². The molecule has 2 aromatic carbocycles. The van der Waals surface area contributed by atoms with Crippen molar-refractivity contribution in [3.63, 3.8) is 0 Å². The Morgan fingerprint density at radius 1 is 1.31 bits per heavy atom. The Bertz CT molecular complexity index is 811. The standard InChI is InChI=1S/C19H20BrClN2O3/c1-4-25-18-7-5-15(20)10-14(18)11-22-23-19(24)13(3)26-17-8-6-16(21)9-12(17)2/h5-11,13H,4H2,1-3H3,(H,23,24)/b22-11-/t13-/m0/s1. The number of rotatable bonds is 7. The van der Waals surface area contributed by atoms with Crippen LogP contribution in [0.25, 0.3) is 0 Å². The molecule has 5 nitrogen and oxygen atoms in total. The second kappa shape index (κ2) is 9.59. The molecule has 0 saturated heterocycles. The van der Waals surface area contributed by atoms with E-state index in [1.165, 1.54) is 6.21 Å². The highest BCUT2D eigenvalue weighted by Crippen LogP contribution is 2.23. The molecule has 1 atom stereocenters. The number of nitrogens with one attached hydrogen (secondary N) is 1. The fourth-order valence-electron chi connectivity index (χ4n) is 2.15. The molecule has 2 rings (SSSR count). The molecule has 138 valence electrons. The maximum Gasteiger partial charge on any atom is 0.280 e. The average molecular weight is 440 g/mol. The summed E-state index contributed by atoms with van der Waals surface area (Å²) in [6.07, 6.45) is 0.828. The number of amides is 1. The first-order valence-electron chi connectivity index (χ1n) is 8.08. The predicted octanol–water partition coefficient (Wildman–Crippen LogP) is 4.73. The van der Waals surface area contributed by atoms with Crippen LogP contribution in [0.2, 0.25) is 5.02 Å². The van der Waals surface area contributed by atoms with E-state index in [4.69, 9.17) is 21.1 Å². The van der Waals surface area contributed by atoms with E-state index < -0.39 is 6.10 Å². The number of halogens is 2. The van der Waals surface area contributed by atoms with Gasteiger partial charge in [0, 0.05) is 15.1 Å². The van der Waals surface area contributed by atoms with E-state index in [-0.39, 0.29) is 5.91 Å². The molecule has 0 radical (unpaired) electrons. The molecule has 0 bridgehead atoms. The van der Waals surface area contributed by atoms with Gasteiger partial charge in [-0.15, -0.1) is 0 Å². The fourth-order valence-corrected chi connectivity index (χ4v) is 2.76. The zero-order valence-electron chi connectivity index (χ0n) is 14.8. The SMILES string of the molecule is CCOc1ccc(Br)cc1/C=N\NC(=O)[C@H](C)Oc1ccc(Cl)cc1C. The number of benzene rings is 2. The van der Waals surface area contributed by atoms with Crippen LogP contribution in [-0.4, -0.2) is 24.8 Å². The third-order valence-corrected chi connectivity index (χ3v) is 4.19. The number of hydrogen-bond donors (Lipinski definition) is 1. The number of nitrogens with zero attached hydrogens (tertiary/aromatic N) is 1. The van der Waals surface area contributed by atoms with Crippen LogP contribution in [0.1, 0.15) is 25.0 Å². The number of ether oxygens (including phenoxy) is 2. The first-order chi connectivity index (χ1) is 12.4. The summed E-state index contributed by atoms with van der Waals surface area (Å²) in [5.41, 5.74) is 4.09. The van der Waals surface area contributed by atoms with Gasteiger partial charge in [0.25, 0.3) is 5.91 Å². The monoisotopic (exact) mass is 438 g/mol. The van der Waals surface area contributed by atoms with Gasteiger partial charge in [-0.2, -0.15) is 5.10 Å². The second-order valence-corrected chi connectivity index (χ2v) is 6.87. The van der Waals surface area contributed by atoms with Gasteiger partial charge in [0.2, 0.25) is 0 Å². The summed E-state index contributed by atoms with van der Waals surface area (Å²) in [7, 11) is 0. The van der Waals surface area contributed by atoms with Crippen molar-refractivity contribution in [1.29, 1.82) is 0 Å². The highest BCUT2D eigenvalue weighted by molar-refractivity contribution is 9.10. The highest BCUT2D eigenvalue weighted by Gasteiger charge is 2.15. The van der Waals surface area contributed by atoms with E-state index in [0.29, 0.717) is 23.1 Å². The molecule has 0 aliphatic carbocycles. The van der Waals surface area contributed by atoms with Gasteiger partial charge in [-0.05, 0) is 62.7 Å². The third-order valence-electron chi connectivity index (χ3n) is 3.46. The minimum atomic E-state index is -0.708. The molecule has 26 heavy (non-hydrogen) atoms. The van der Waals surface area contributed by atoms with E-state index in [0.717, 1.165) is 15.6 Å². The van der Waals surface area contributed by atoms with Crippen LogP contribution < -0.4 is 14.9 Å². The predicted molar refractivity (Wildman–Crippen MR) is 107 cm³/mol. The van der Waals surface area contributed by atoms with Crippen molar-refractivity contribution < 1.29 is 14.3 Å². The fraction of sp³-hybridized carbons (Fsp3) is 0.263. The average Bonchev–Trinajstić information content (AvgIpc) is 2.59. The number of carbonyl (C=O) groups excluding carboxylic acids is 1. The van der Waals surface area contributed by atoms with Gasteiger partial charge in [0.1, 0.15) is 11.5 Å². The number of aryl methyl sites for hydroxylation is 1. The second-order valence-electron chi connectivity index (χ2n) is 5.52. The molecule has 0 unspecified atom stereocenters. The topological polar surface area (TPSA) is 59.9 Å². The third kappa shape index (κ3) is 5.75. The van der Waals surface area contributed by atoms with Gasteiger partial charge in [0.15, 0.2) is 6.10 Å². The van der Waals surface area contributed by atoms with Crippen LogP contribution in [-0.2, 0) is 4.79 Å². The maximum atomic E-state index is 12.2. The molecular weight excluding hydrogens is 420 g/mol. The molecule has 0 aliphatic rings. The summed E-state index contributed by atoms with van der Waals surface area (Å²) in [6, 6.07) is 10.8. The lowest BCUT2D eigenvalue weighted by atomic mass is 10.2. The zero-order chi connectivity index (χ0) is 19.1. The van der Waals surface area contributed by atoms with Crippen molar-refractivity contribution in [2.45, 2.75) is 26.9 Å². The normalized spacial score (nSPS) is 12.0. The van der Waals surface area contributed by atoms with Gasteiger partial charge in [-0.1, -0.05) is 27.5 Å². The van der Waals surface area contributed by atoms with Gasteiger partial charge in [0.05, 0.1) is 12.8 Å². The van der Waals surface area contributed by atoms with Crippen molar-refractivity contribution in [3.8, 4) is 11.5 Å². The summed E-state index contributed by atoms with van der Waals surface area (Å²) in [5, 5.41) is 4.62. The zero-order valence-corrected chi connectivity index (χ0v) is 17.1. The minimum absolute atomic E-state index is 0.358. The summed E-state index contributed by atoms with van der Waals surface area (Å²) >= 11 is 9.33. The van der Waals surface area contributed by atoms with Crippen LogP contribution in [0.3, 0.4) is 0 Å². The van der Waals surface area contributed by atoms with Crippen molar-refractivity contribution in [2.24, 2.45) is 5.10 Å². The van der Waals surface area contributed by atoms with Crippen LogP contribution in [0.4, 0.5) is 0 Å². The maximum absolute atomic E-state index is 12.2. The quantitative estimate of drug-likeness (QED) is 0.501. The Balaban J connectivity index is 1.99. The number of hydrazone groups is 1. The smallest absolute Gasteiger partial charge is 0.280 e. The van der Waals surface area contributed by atoms with Gasteiger partial charge >= 0.3 is 0 Å². The van der Waals surface area contributed by atoms with E-state index >= 15 is 0 Å². The van der Waals surface area contributed by atoms with E-state index in [2.05, 4.69) is 26.5 Å². The molecule has 0 aromatic heterocycles. The van der Waals surface area contributed by atoms with Gasteiger partial charge in [-0.3, -0.25) is 4.79 Å². The summed E-state index contributed by atoms with van der Waals surface area (Å²) in [5.74, 6) is 0.935. The Kier molecular flexibility index (Phi) is 7.48. The van der Waals surface area contributed by atoms with Crippen LogP contribution >= 0.6 is 27.5 Å². The first-order valence-corrected chi connectivity index (χ1v) is 9.26. The molecule has 7 heteroatoms. The Labute approximate surface area is 166 Å². The van der Waals surface area contributed by atoms with Crippen molar-refractivity contribution in [3.05, 3.63) is 57.0 Å². The largest absolute Gasteiger partial charge is 0.493 e. The van der Waals surface area contributed by atoms with Crippen LogP contribution in [0.15, 0.2) is 46.0 Å². The van der Waals surface area contributed by atoms with Gasteiger partial charge < -0.3 is 9.47 Å².